The van der Waals surface area contributed by atoms with Crippen molar-refractivity contribution >= 4 is 21.6 Å². The monoisotopic (exact) mass is 356 g/mol. The van der Waals surface area contributed by atoms with Gasteiger partial charge in [0.25, 0.3) is 5.56 Å². The molecule has 1 N–H and O–H groups in total. The molecule has 4 rings (SSSR count). The third kappa shape index (κ3) is 3.14. The summed E-state index contributed by atoms with van der Waals surface area (Å²) >= 11 is 3.41. The number of anilines is 1. The number of methoxy groups -OCH3 is 1. The van der Waals surface area contributed by atoms with E-state index in [0.29, 0.717) is 29.6 Å². The number of ether oxygens (including phenoxy) is 1. The molecular formula is C14H21BrN4O2. The average Bonchev–Trinajstić information content (AvgIpc) is 2.52. The highest BCUT2D eigenvalue weighted by Gasteiger charge is 2.34. The van der Waals surface area contributed by atoms with Gasteiger partial charge in [-0.15, -0.1) is 0 Å². The fraction of sp³-hybridized carbons (Fsp3) is 0.714. The third-order valence-electron chi connectivity index (χ3n) is 4.49. The Bertz CT molecular complexity index is 554. The number of piperidine rings is 3. The van der Waals surface area contributed by atoms with Gasteiger partial charge in [-0.1, -0.05) is 0 Å². The first-order chi connectivity index (χ1) is 10.2. The number of hydrogen-bond acceptors (Lipinski definition) is 5. The van der Waals surface area contributed by atoms with Crippen LogP contribution in [-0.4, -0.2) is 54.1 Å². The summed E-state index contributed by atoms with van der Waals surface area (Å²) in [5, 5.41) is 7.73. The van der Waals surface area contributed by atoms with Crippen molar-refractivity contribution in [3.8, 4) is 0 Å². The normalized spacial score (nSPS) is 27.8. The maximum atomic E-state index is 12.2. The minimum Gasteiger partial charge on any atom is -0.383 e. The topological polar surface area (TPSA) is 59.4 Å². The highest BCUT2D eigenvalue weighted by Crippen LogP contribution is 2.30. The van der Waals surface area contributed by atoms with Crippen molar-refractivity contribution in [3.63, 3.8) is 0 Å². The van der Waals surface area contributed by atoms with Crippen LogP contribution >= 0.6 is 15.9 Å². The van der Waals surface area contributed by atoms with Gasteiger partial charge in [-0.3, -0.25) is 4.79 Å². The van der Waals surface area contributed by atoms with Crippen LogP contribution in [0.3, 0.4) is 0 Å². The van der Waals surface area contributed by atoms with Crippen molar-refractivity contribution < 1.29 is 4.74 Å². The lowest BCUT2D eigenvalue weighted by Crippen LogP contribution is -2.53. The molecule has 4 heterocycles. The van der Waals surface area contributed by atoms with E-state index in [1.54, 1.807) is 13.3 Å². The predicted molar refractivity (Wildman–Crippen MR) is 84.6 cm³/mol. The predicted octanol–water partition coefficient (Wildman–Crippen LogP) is 1.16. The quantitative estimate of drug-likeness (QED) is 0.857. The van der Waals surface area contributed by atoms with E-state index in [0.717, 1.165) is 12.2 Å². The lowest BCUT2D eigenvalue weighted by atomic mass is 9.84. The maximum absolute atomic E-state index is 12.2. The standard InChI is InChI=1S/C14H21BrN4O2/c1-21-7-6-19-14(20)13(15)11(8-16-19)17-12-9-18-4-2-10(12)3-5-18/h8,10,12,17H,2-7,9H2,1H3. The second-order valence-corrected chi connectivity index (χ2v) is 6.58. The lowest BCUT2D eigenvalue weighted by molar-refractivity contribution is 0.0975. The molecule has 6 nitrogen and oxygen atoms in total. The Morgan fingerprint density at radius 2 is 2.24 bits per heavy atom. The van der Waals surface area contributed by atoms with Crippen molar-refractivity contribution in [2.24, 2.45) is 5.92 Å². The molecule has 3 aliphatic rings. The summed E-state index contributed by atoms with van der Waals surface area (Å²) in [6.07, 6.45) is 4.22. The summed E-state index contributed by atoms with van der Waals surface area (Å²) in [5.74, 6) is 0.706. The molecule has 0 saturated carbocycles. The molecule has 1 aromatic rings. The van der Waals surface area contributed by atoms with Crippen LogP contribution in [-0.2, 0) is 11.3 Å². The molecule has 1 aromatic heterocycles. The number of nitrogens with one attached hydrogen (secondary N) is 1. The first-order valence-electron chi connectivity index (χ1n) is 7.42. The summed E-state index contributed by atoms with van der Waals surface area (Å²) in [6, 6.07) is 0.417. The van der Waals surface area contributed by atoms with Gasteiger partial charge in [-0.05, 0) is 47.8 Å². The molecule has 0 radical (unpaired) electrons. The molecule has 0 aliphatic carbocycles. The second-order valence-electron chi connectivity index (χ2n) is 5.78. The molecule has 116 valence electrons. The number of fused-ring (bicyclic) bond motifs is 3. The van der Waals surface area contributed by atoms with Gasteiger partial charge in [0.15, 0.2) is 0 Å². The summed E-state index contributed by atoms with van der Waals surface area (Å²) in [5.41, 5.74) is 0.686. The zero-order chi connectivity index (χ0) is 14.8. The molecular weight excluding hydrogens is 336 g/mol. The first kappa shape index (κ1) is 15.0. The molecule has 3 fully saturated rings. The molecule has 1 atom stereocenters. The van der Waals surface area contributed by atoms with E-state index < -0.39 is 0 Å². The van der Waals surface area contributed by atoms with Gasteiger partial charge in [0, 0.05) is 19.7 Å². The first-order valence-corrected chi connectivity index (χ1v) is 8.22. The van der Waals surface area contributed by atoms with Crippen LogP contribution in [0.4, 0.5) is 5.69 Å². The van der Waals surface area contributed by atoms with Gasteiger partial charge >= 0.3 is 0 Å². The van der Waals surface area contributed by atoms with Crippen molar-refractivity contribution in [1.29, 1.82) is 0 Å². The number of rotatable bonds is 5. The fourth-order valence-electron chi connectivity index (χ4n) is 3.23. The van der Waals surface area contributed by atoms with Gasteiger partial charge in [0.2, 0.25) is 0 Å². The van der Waals surface area contributed by atoms with Crippen LogP contribution < -0.4 is 10.9 Å². The Labute approximate surface area is 132 Å². The summed E-state index contributed by atoms with van der Waals surface area (Å²) in [7, 11) is 1.61. The Balaban J connectivity index is 1.74. The van der Waals surface area contributed by atoms with Crippen LogP contribution in [0.2, 0.25) is 0 Å². The average molecular weight is 357 g/mol. The van der Waals surface area contributed by atoms with Gasteiger partial charge < -0.3 is 15.0 Å². The Kier molecular flexibility index (Phi) is 4.61. The molecule has 3 aliphatic heterocycles. The zero-order valence-electron chi connectivity index (χ0n) is 12.2. The van der Waals surface area contributed by atoms with Crippen LogP contribution in [0, 0.1) is 5.92 Å². The lowest BCUT2D eigenvalue weighted by Gasteiger charge is -2.45. The van der Waals surface area contributed by atoms with Crippen molar-refractivity contribution in [3.05, 3.63) is 21.0 Å². The van der Waals surface area contributed by atoms with Gasteiger partial charge in [0.05, 0.1) is 25.0 Å². The van der Waals surface area contributed by atoms with E-state index in [1.165, 1.54) is 30.6 Å². The van der Waals surface area contributed by atoms with E-state index in [4.69, 9.17) is 4.74 Å². The molecule has 0 amide bonds. The highest BCUT2D eigenvalue weighted by molar-refractivity contribution is 9.10. The van der Waals surface area contributed by atoms with Crippen molar-refractivity contribution in [1.82, 2.24) is 14.7 Å². The van der Waals surface area contributed by atoms with Crippen LogP contribution in [0.5, 0.6) is 0 Å². The van der Waals surface area contributed by atoms with Crippen LogP contribution in [0.25, 0.3) is 0 Å². The Morgan fingerprint density at radius 1 is 1.48 bits per heavy atom. The zero-order valence-corrected chi connectivity index (χ0v) is 13.8. The number of nitrogens with zero attached hydrogens (tertiary/aromatic N) is 3. The smallest absolute Gasteiger partial charge is 0.283 e. The summed E-state index contributed by atoms with van der Waals surface area (Å²) in [6.45, 7) is 4.42. The minimum absolute atomic E-state index is 0.113. The van der Waals surface area contributed by atoms with Crippen LogP contribution in [0.1, 0.15) is 12.8 Å². The van der Waals surface area contributed by atoms with Crippen molar-refractivity contribution in [2.45, 2.75) is 25.4 Å². The van der Waals surface area contributed by atoms with E-state index in [-0.39, 0.29) is 5.56 Å². The Morgan fingerprint density at radius 3 is 2.86 bits per heavy atom. The maximum Gasteiger partial charge on any atom is 0.283 e. The molecule has 2 bridgehead atoms. The number of aromatic nitrogens is 2. The SMILES string of the molecule is COCCn1ncc(NC2CN3CCC2CC3)c(Br)c1=O. The van der Waals surface area contributed by atoms with Crippen molar-refractivity contribution in [2.75, 3.05) is 38.7 Å². The van der Waals surface area contributed by atoms with Crippen LogP contribution in [0.15, 0.2) is 15.5 Å². The molecule has 3 saturated heterocycles. The largest absolute Gasteiger partial charge is 0.383 e. The highest BCUT2D eigenvalue weighted by atomic mass is 79.9. The van der Waals surface area contributed by atoms with Gasteiger partial charge in [-0.2, -0.15) is 5.10 Å². The molecule has 0 spiro atoms. The van der Waals surface area contributed by atoms with E-state index in [1.807, 2.05) is 0 Å². The molecule has 0 aromatic carbocycles. The van der Waals surface area contributed by atoms with Gasteiger partial charge in [-0.25, -0.2) is 4.68 Å². The Hall–Kier alpha value is -0.920. The van der Waals surface area contributed by atoms with E-state index in [9.17, 15) is 4.79 Å². The third-order valence-corrected chi connectivity index (χ3v) is 5.26. The molecule has 21 heavy (non-hydrogen) atoms. The number of halogens is 1. The molecule has 7 heteroatoms. The number of hydrogen-bond donors (Lipinski definition) is 1. The molecule has 1 unspecified atom stereocenters. The van der Waals surface area contributed by atoms with E-state index in [2.05, 4.69) is 31.2 Å². The summed E-state index contributed by atoms with van der Waals surface area (Å²) in [4.78, 5) is 14.7. The van der Waals surface area contributed by atoms with E-state index >= 15 is 0 Å². The fourth-order valence-corrected chi connectivity index (χ4v) is 3.65. The minimum atomic E-state index is -0.113. The second kappa shape index (κ2) is 6.46. The van der Waals surface area contributed by atoms with Gasteiger partial charge in [0.1, 0.15) is 4.47 Å². The summed E-state index contributed by atoms with van der Waals surface area (Å²) < 4.78 is 6.98.